The number of ether oxygens (including phenoxy) is 3. The Morgan fingerprint density at radius 2 is 1.83 bits per heavy atom. The van der Waals surface area contributed by atoms with Crippen molar-refractivity contribution in [3.8, 4) is 17.2 Å². The number of nitrogens with one attached hydrogen (secondary N) is 1. The van der Waals surface area contributed by atoms with E-state index in [4.69, 9.17) is 25.8 Å². The number of fused-ring (bicyclic) bond motifs is 1. The van der Waals surface area contributed by atoms with Gasteiger partial charge in [-0.2, -0.15) is 5.10 Å². The molecule has 1 N–H and O–H groups in total. The number of amides is 1. The summed E-state index contributed by atoms with van der Waals surface area (Å²) in [5, 5.41) is 5.02. The molecule has 35 heavy (non-hydrogen) atoms. The topological polar surface area (TPSA) is 86.2 Å². The van der Waals surface area contributed by atoms with Crippen LogP contribution in [0.5, 0.6) is 17.2 Å². The molecule has 0 radical (unpaired) electrons. The van der Waals surface area contributed by atoms with Crippen molar-refractivity contribution in [1.29, 1.82) is 0 Å². The Hall–Kier alpha value is -3.40. The summed E-state index contributed by atoms with van der Waals surface area (Å²) in [6.07, 6.45) is 1.47. The third-order valence-corrected chi connectivity index (χ3v) is 6.81. The first kappa shape index (κ1) is 24.7. The average molecular weight is 574 g/mol. The lowest BCUT2D eigenvalue weighted by atomic mass is 10.2. The molecule has 0 unspecified atom stereocenters. The fourth-order valence-electron chi connectivity index (χ4n) is 3.00. The number of carbonyl (C=O) groups is 2. The van der Waals surface area contributed by atoms with Crippen LogP contribution in [0.4, 0.5) is 0 Å². The van der Waals surface area contributed by atoms with Crippen LogP contribution in [-0.4, -0.2) is 31.8 Å². The molecule has 7 nitrogen and oxygen atoms in total. The van der Waals surface area contributed by atoms with Gasteiger partial charge in [-0.25, -0.2) is 10.2 Å². The number of nitrogens with zero attached hydrogens (tertiary/aromatic N) is 1. The number of rotatable bonds is 8. The van der Waals surface area contributed by atoms with Gasteiger partial charge in [0.2, 0.25) is 0 Å². The van der Waals surface area contributed by atoms with E-state index in [-0.39, 0.29) is 6.61 Å². The molecule has 178 valence electrons. The van der Waals surface area contributed by atoms with Crippen molar-refractivity contribution >= 4 is 67.0 Å². The van der Waals surface area contributed by atoms with Crippen LogP contribution in [0.2, 0.25) is 5.02 Å². The van der Waals surface area contributed by atoms with Crippen LogP contribution in [0.3, 0.4) is 0 Å². The zero-order valence-electron chi connectivity index (χ0n) is 18.3. The minimum Gasteiger partial charge on any atom is -0.497 e. The molecule has 4 rings (SSSR count). The molecule has 0 aliphatic carbocycles. The standard InChI is InChI=1S/C25H18BrClN2O5S/c1-32-18-9-10-20-21(12-18)35-24(23(20)27)25(31)34-17-7-5-15(6-8-17)13-28-29-22(30)14-33-19-4-2-3-16(26)11-19/h2-13H,14H2,1H3,(H,29,30)/b28-13-. The normalized spacial score (nSPS) is 10.9. The van der Waals surface area contributed by atoms with E-state index >= 15 is 0 Å². The Kier molecular flexibility index (Phi) is 8.02. The minimum absolute atomic E-state index is 0.171. The Bertz CT molecular complexity index is 1410. The van der Waals surface area contributed by atoms with Gasteiger partial charge in [0.05, 0.1) is 18.3 Å². The Labute approximate surface area is 218 Å². The Morgan fingerprint density at radius 3 is 2.57 bits per heavy atom. The molecule has 0 saturated carbocycles. The number of methoxy groups -OCH3 is 1. The molecule has 1 aromatic heterocycles. The monoisotopic (exact) mass is 572 g/mol. The zero-order chi connectivity index (χ0) is 24.8. The first-order chi connectivity index (χ1) is 16.9. The molecule has 0 atom stereocenters. The molecule has 0 spiro atoms. The van der Waals surface area contributed by atoms with Crippen molar-refractivity contribution in [2.24, 2.45) is 5.10 Å². The predicted octanol–water partition coefficient (Wildman–Crippen LogP) is 6.07. The molecular formula is C25H18BrClN2O5S. The first-order valence-corrected chi connectivity index (χ1v) is 12.2. The summed E-state index contributed by atoms with van der Waals surface area (Å²) in [5.41, 5.74) is 3.10. The highest BCUT2D eigenvalue weighted by atomic mass is 79.9. The summed E-state index contributed by atoms with van der Waals surface area (Å²) >= 11 is 11.0. The van der Waals surface area contributed by atoms with E-state index in [9.17, 15) is 9.59 Å². The lowest BCUT2D eigenvalue weighted by Crippen LogP contribution is -2.24. The van der Waals surface area contributed by atoms with Gasteiger partial charge < -0.3 is 14.2 Å². The van der Waals surface area contributed by atoms with Crippen molar-refractivity contribution in [3.05, 3.63) is 86.7 Å². The molecule has 0 bridgehead atoms. The predicted molar refractivity (Wildman–Crippen MR) is 140 cm³/mol. The summed E-state index contributed by atoms with van der Waals surface area (Å²) in [7, 11) is 1.58. The summed E-state index contributed by atoms with van der Waals surface area (Å²) in [6.45, 7) is -0.171. The van der Waals surface area contributed by atoms with Crippen LogP contribution in [0.1, 0.15) is 15.2 Å². The number of carbonyl (C=O) groups excluding carboxylic acids is 2. The average Bonchev–Trinajstić information content (AvgIpc) is 3.19. The highest BCUT2D eigenvalue weighted by molar-refractivity contribution is 9.10. The second-order valence-electron chi connectivity index (χ2n) is 7.11. The maximum Gasteiger partial charge on any atom is 0.355 e. The van der Waals surface area contributed by atoms with Crippen LogP contribution in [0.15, 0.2) is 76.3 Å². The third-order valence-electron chi connectivity index (χ3n) is 4.68. The largest absolute Gasteiger partial charge is 0.497 e. The lowest BCUT2D eigenvalue weighted by molar-refractivity contribution is -0.123. The van der Waals surface area contributed by atoms with Gasteiger partial charge in [0.1, 0.15) is 22.1 Å². The SMILES string of the molecule is COc1ccc2c(Cl)c(C(=O)Oc3ccc(/C=N\NC(=O)COc4cccc(Br)c4)cc3)sc2c1. The molecule has 4 aromatic rings. The van der Waals surface area contributed by atoms with E-state index in [1.807, 2.05) is 24.3 Å². The number of esters is 1. The van der Waals surface area contributed by atoms with E-state index < -0.39 is 11.9 Å². The van der Waals surface area contributed by atoms with Gasteiger partial charge in [-0.05, 0) is 66.2 Å². The number of thiophene rings is 1. The molecule has 1 amide bonds. The number of benzene rings is 3. The van der Waals surface area contributed by atoms with E-state index in [1.165, 1.54) is 17.6 Å². The summed E-state index contributed by atoms with van der Waals surface area (Å²) < 4.78 is 17.8. The van der Waals surface area contributed by atoms with E-state index in [0.29, 0.717) is 32.7 Å². The number of halogens is 2. The van der Waals surface area contributed by atoms with Crippen LogP contribution in [0, 0.1) is 0 Å². The van der Waals surface area contributed by atoms with Crippen molar-refractivity contribution in [1.82, 2.24) is 5.43 Å². The van der Waals surface area contributed by atoms with Gasteiger partial charge >= 0.3 is 5.97 Å². The van der Waals surface area contributed by atoms with E-state index in [1.54, 1.807) is 49.6 Å². The van der Waals surface area contributed by atoms with Crippen molar-refractivity contribution in [3.63, 3.8) is 0 Å². The second-order valence-corrected chi connectivity index (χ2v) is 9.45. The maximum absolute atomic E-state index is 12.7. The smallest absolute Gasteiger partial charge is 0.355 e. The number of hydrazone groups is 1. The van der Waals surface area contributed by atoms with Crippen molar-refractivity contribution in [2.75, 3.05) is 13.7 Å². The summed E-state index contributed by atoms with van der Waals surface area (Å²) in [5.74, 6) is 0.657. The Balaban J connectivity index is 1.31. The van der Waals surface area contributed by atoms with Gasteiger partial charge in [0.15, 0.2) is 6.61 Å². The Morgan fingerprint density at radius 1 is 1.06 bits per heavy atom. The second kappa shape index (κ2) is 11.4. The lowest BCUT2D eigenvalue weighted by Gasteiger charge is -2.05. The van der Waals surface area contributed by atoms with E-state index in [0.717, 1.165) is 14.6 Å². The fraction of sp³-hybridized carbons (Fsp3) is 0.0800. The van der Waals surface area contributed by atoms with E-state index in [2.05, 4.69) is 26.5 Å². The zero-order valence-corrected chi connectivity index (χ0v) is 21.4. The number of hydrogen-bond donors (Lipinski definition) is 1. The van der Waals surface area contributed by atoms with Crippen LogP contribution >= 0.6 is 38.9 Å². The third kappa shape index (κ3) is 6.39. The molecule has 0 aliphatic heterocycles. The quantitative estimate of drug-likeness (QED) is 0.120. The molecule has 1 heterocycles. The van der Waals surface area contributed by atoms with Gasteiger partial charge in [0, 0.05) is 14.6 Å². The molecule has 0 saturated heterocycles. The van der Waals surface area contributed by atoms with Crippen molar-refractivity contribution < 1.29 is 23.8 Å². The summed E-state index contributed by atoms with van der Waals surface area (Å²) in [4.78, 5) is 24.9. The van der Waals surface area contributed by atoms with Gasteiger partial charge in [-0.15, -0.1) is 11.3 Å². The minimum atomic E-state index is -0.547. The molecule has 0 fully saturated rings. The molecule has 0 aliphatic rings. The summed E-state index contributed by atoms with van der Waals surface area (Å²) in [6, 6.07) is 19.3. The fourth-order valence-corrected chi connectivity index (χ4v) is 4.79. The van der Waals surface area contributed by atoms with Gasteiger partial charge in [-0.3, -0.25) is 4.79 Å². The maximum atomic E-state index is 12.7. The highest BCUT2D eigenvalue weighted by Crippen LogP contribution is 2.37. The molecule has 10 heteroatoms. The van der Waals surface area contributed by atoms with Crippen LogP contribution in [0.25, 0.3) is 10.1 Å². The highest BCUT2D eigenvalue weighted by Gasteiger charge is 2.19. The van der Waals surface area contributed by atoms with Gasteiger partial charge in [-0.1, -0.05) is 33.6 Å². The number of hydrogen-bond acceptors (Lipinski definition) is 7. The van der Waals surface area contributed by atoms with Gasteiger partial charge in [0.25, 0.3) is 5.91 Å². The molecular weight excluding hydrogens is 556 g/mol. The first-order valence-electron chi connectivity index (χ1n) is 10.2. The molecule has 3 aromatic carbocycles. The van der Waals surface area contributed by atoms with Crippen LogP contribution < -0.4 is 19.6 Å². The van der Waals surface area contributed by atoms with Crippen LogP contribution in [-0.2, 0) is 4.79 Å². The van der Waals surface area contributed by atoms with Crippen molar-refractivity contribution in [2.45, 2.75) is 0 Å².